The van der Waals surface area contributed by atoms with Gasteiger partial charge in [0, 0.05) is 11.1 Å². The zero-order valence-corrected chi connectivity index (χ0v) is 15.5. The minimum atomic E-state index is -4.45. The van der Waals surface area contributed by atoms with Gasteiger partial charge in [0.25, 0.3) is 5.91 Å². The molecule has 1 amide bonds. The molecule has 7 heteroatoms. The number of halogens is 3. The zero-order valence-electron chi connectivity index (χ0n) is 15.5. The lowest BCUT2D eigenvalue weighted by Gasteiger charge is -2.06. The van der Waals surface area contributed by atoms with Gasteiger partial charge in [0.15, 0.2) is 11.5 Å². The molecule has 2 N–H and O–H groups in total. The Balaban J connectivity index is 1.70. The highest BCUT2D eigenvalue weighted by molar-refractivity contribution is 5.97. The number of carbonyl (C=O) groups is 1. The van der Waals surface area contributed by atoms with Crippen molar-refractivity contribution in [1.29, 1.82) is 0 Å². The molecule has 0 spiro atoms. The van der Waals surface area contributed by atoms with E-state index >= 15 is 0 Å². The number of aromatic nitrogens is 1. The molecule has 0 aliphatic heterocycles. The van der Waals surface area contributed by atoms with Crippen molar-refractivity contribution in [3.8, 4) is 33.9 Å². The van der Waals surface area contributed by atoms with Gasteiger partial charge in [-0.15, -0.1) is 0 Å². The summed E-state index contributed by atoms with van der Waals surface area (Å²) in [6.45, 7) is 0. The minimum absolute atomic E-state index is 0.0136. The van der Waals surface area contributed by atoms with Crippen LogP contribution in [0.3, 0.4) is 0 Å². The lowest BCUT2D eigenvalue weighted by Crippen LogP contribution is -2.12. The number of hydrogen-bond acceptors (Lipinski definition) is 3. The molecule has 0 unspecified atom stereocenters. The molecule has 150 valence electrons. The Hall–Kier alpha value is -3.87. The molecular formula is C23H15F3N2O2. The Morgan fingerprint density at radius 2 is 1.30 bits per heavy atom. The first-order valence-electron chi connectivity index (χ1n) is 8.97. The van der Waals surface area contributed by atoms with Crippen LogP contribution >= 0.6 is 0 Å². The lowest BCUT2D eigenvalue weighted by molar-refractivity contribution is -0.137. The maximum absolute atomic E-state index is 12.8. The van der Waals surface area contributed by atoms with Crippen molar-refractivity contribution in [3.63, 3.8) is 0 Å². The highest BCUT2D eigenvalue weighted by atomic mass is 19.4. The first-order chi connectivity index (χ1) is 14.3. The normalized spacial score (nSPS) is 11.4. The fourth-order valence-electron chi connectivity index (χ4n) is 3.05. The molecule has 0 atom stereocenters. The number of amides is 1. The fourth-order valence-corrected chi connectivity index (χ4v) is 3.05. The Labute approximate surface area is 169 Å². The Kier molecular flexibility index (Phi) is 4.87. The second-order valence-electron chi connectivity index (χ2n) is 6.58. The van der Waals surface area contributed by atoms with Gasteiger partial charge in [0.05, 0.1) is 5.56 Å². The van der Waals surface area contributed by atoms with Gasteiger partial charge in [0.1, 0.15) is 0 Å². The van der Waals surface area contributed by atoms with E-state index in [-0.39, 0.29) is 17.3 Å². The summed E-state index contributed by atoms with van der Waals surface area (Å²) in [5.74, 6) is -0.615. The van der Waals surface area contributed by atoms with Gasteiger partial charge in [-0.3, -0.25) is 4.79 Å². The number of nitrogens with two attached hydrogens (primary N) is 1. The second-order valence-corrected chi connectivity index (χ2v) is 6.58. The third kappa shape index (κ3) is 3.82. The third-order valence-corrected chi connectivity index (χ3v) is 4.57. The highest BCUT2D eigenvalue weighted by Crippen LogP contribution is 2.34. The highest BCUT2D eigenvalue weighted by Gasteiger charge is 2.30. The predicted octanol–water partition coefficient (Wildman–Crippen LogP) is 5.79. The lowest BCUT2D eigenvalue weighted by atomic mass is 10.0. The third-order valence-electron chi connectivity index (χ3n) is 4.57. The van der Waals surface area contributed by atoms with E-state index in [1.807, 2.05) is 42.5 Å². The van der Waals surface area contributed by atoms with Gasteiger partial charge >= 0.3 is 6.18 Å². The van der Waals surface area contributed by atoms with Crippen molar-refractivity contribution in [1.82, 2.24) is 4.98 Å². The average Bonchev–Trinajstić information content (AvgIpc) is 3.20. The zero-order chi connectivity index (χ0) is 21.3. The van der Waals surface area contributed by atoms with Crippen LogP contribution in [0.25, 0.3) is 33.9 Å². The topological polar surface area (TPSA) is 69.1 Å². The van der Waals surface area contributed by atoms with E-state index in [0.717, 1.165) is 23.3 Å². The number of carbonyl (C=O) groups excluding carboxylic acids is 1. The monoisotopic (exact) mass is 408 g/mol. The van der Waals surface area contributed by atoms with Crippen LogP contribution in [-0.2, 0) is 6.18 Å². The molecule has 0 saturated heterocycles. The van der Waals surface area contributed by atoms with Gasteiger partial charge in [-0.1, -0.05) is 54.6 Å². The summed E-state index contributed by atoms with van der Waals surface area (Å²) < 4.78 is 44.0. The van der Waals surface area contributed by atoms with Crippen LogP contribution in [0.15, 0.2) is 83.3 Å². The van der Waals surface area contributed by atoms with E-state index in [1.165, 1.54) is 12.1 Å². The molecule has 0 saturated carbocycles. The summed E-state index contributed by atoms with van der Waals surface area (Å²) in [5, 5.41) is 0. The van der Waals surface area contributed by atoms with Crippen molar-refractivity contribution in [2.75, 3.05) is 0 Å². The molecule has 1 aromatic heterocycles. The van der Waals surface area contributed by atoms with Crippen LogP contribution in [0.4, 0.5) is 13.2 Å². The van der Waals surface area contributed by atoms with Crippen molar-refractivity contribution in [2.45, 2.75) is 6.18 Å². The van der Waals surface area contributed by atoms with E-state index in [0.29, 0.717) is 11.1 Å². The fraction of sp³-hybridized carbons (Fsp3) is 0.0435. The van der Waals surface area contributed by atoms with Gasteiger partial charge < -0.3 is 10.2 Å². The predicted molar refractivity (Wildman–Crippen MR) is 106 cm³/mol. The maximum atomic E-state index is 12.8. The number of benzene rings is 3. The van der Waals surface area contributed by atoms with Crippen molar-refractivity contribution in [2.24, 2.45) is 5.73 Å². The van der Waals surface area contributed by atoms with Crippen molar-refractivity contribution >= 4 is 5.91 Å². The van der Waals surface area contributed by atoms with Crippen LogP contribution in [0.2, 0.25) is 0 Å². The smallest absolute Gasteiger partial charge is 0.416 e. The first kappa shape index (κ1) is 19.4. The largest absolute Gasteiger partial charge is 0.435 e. The van der Waals surface area contributed by atoms with E-state index in [2.05, 4.69) is 4.98 Å². The summed E-state index contributed by atoms with van der Waals surface area (Å²) >= 11 is 0. The average molecular weight is 408 g/mol. The van der Waals surface area contributed by atoms with Crippen LogP contribution in [0.1, 0.15) is 16.1 Å². The van der Waals surface area contributed by atoms with E-state index in [1.54, 1.807) is 12.1 Å². The number of hydrogen-bond donors (Lipinski definition) is 1. The van der Waals surface area contributed by atoms with Crippen molar-refractivity contribution in [3.05, 3.63) is 90.1 Å². The molecule has 1 heterocycles. The Morgan fingerprint density at radius 3 is 1.87 bits per heavy atom. The molecule has 0 bridgehead atoms. The molecule has 0 fully saturated rings. The quantitative estimate of drug-likeness (QED) is 0.464. The first-order valence-corrected chi connectivity index (χ1v) is 8.97. The van der Waals surface area contributed by atoms with Crippen molar-refractivity contribution < 1.29 is 22.4 Å². The molecule has 4 nitrogen and oxygen atoms in total. The SMILES string of the molecule is NC(=O)c1nc(-c2ccc(C(F)(F)F)cc2)oc1-c1ccc(-c2ccccc2)cc1. The molecule has 0 aliphatic rings. The molecule has 4 rings (SSSR count). The maximum Gasteiger partial charge on any atom is 0.416 e. The summed E-state index contributed by atoms with van der Waals surface area (Å²) in [4.78, 5) is 16.0. The van der Waals surface area contributed by atoms with Gasteiger partial charge in [-0.2, -0.15) is 13.2 Å². The molecule has 3 aromatic carbocycles. The molecule has 0 radical (unpaired) electrons. The molecule has 0 aliphatic carbocycles. The van der Waals surface area contributed by atoms with Crippen LogP contribution in [-0.4, -0.2) is 10.9 Å². The minimum Gasteiger partial charge on any atom is -0.435 e. The van der Waals surface area contributed by atoms with Crippen LogP contribution < -0.4 is 5.73 Å². The molecule has 30 heavy (non-hydrogen) atoms. The molecular weight excluding hydrogens is 393 g/mol. The van der Waals surface area contributed by atoms with E-state index < -0.39 is 17.6 Å². The standard InChI is InChI=1S/C23H15F3N2O2/c24-23(25,26)18-12-10-17(11-13-18)22-28-19(21(27)29)20(30-22)16-8-6-15(7-9-16)14-4-2-1-3-5-14/h1-13H,(H2,27,29). The van der Waals surface area contributed by atoms with Crippen LogP contribution in [0, 0.1) is 0 Å². The Morgan fingerprint density at radius 1 is 0.767 bits per heavy atom. The van der Waals surface area contributed by atoms with E-state index in [9.17, 15) is 18.0 Å². The van der Waals surface area contributed by atoms with Crippen LogP contribution in [0.5, 0.6) is 0 Å². The number of primary amides is 1. The molecule has 4 aromatic rings. The number of alkyl halides is 3. The number of oxazole rings is 1. The Bertz CT molecular complexity index is 1180. The van der Waals surface area contributed by atoms with E-state index in [4.69, 9.17) is 10.2 Å². The summed E-state index contributed by atoms with van der Waals surface area (Å²) in [7, 11) is 0. The second kappa shape index (κ2) is 7.51. The van der Waals surface area contributed by atoms with Gasteiger partial charge in [-0.05, 0) is 35.4 Å². The summed E-state index contributed by atoms with van der Waals surface area (Å²) in [6.07, 6.45) is -4.45. The van der Waals surface area contributed by atoms with Gasteiger partial charge in [0.2, 0.25) is 5.89 Å². The van der Waals surface area contributed by atoms with Gasteiger partial charge in [-0.25, -0.2) is 4.98 Å². The number of nitrogens with zero attached hydrogens (tertiary/aromatic N) is 1. The summed E-state index contributed by atoms with van der Waals surface area (Å²) in [5.41, 5.74) is 7.45. The number of rotatable bonds is 4. The summed E-state index contributed by atoms with van der Waals surface area (Å²) in [6, 6.07) is 21.3.